The number of nitrogens with zero attached hydrogens (tertiary/aromatic N) is 2. The maximum absolute atomic E-state index is 12.9. The zero-order valence-electron chi connectivity index (χ0n) is 14.0. The minimum Gasteiger partial charge on any atom is -0.489 e. The number of benzene rings is 2. The van der Waals surface area contributed by atoms with E-state index >= 15 is 0 Å². The molecule has 1 heterocycles. The number of carbonyl (C=O) groups is 1. The number of aryl methyl sites for hydroxylation is 1. The number of hydrogen-bond donors (Lipinski definition) is 1. The average Bonchev–Trinajstić information content (AvgIpc) is 2.94. The van der Waals surface area contributed by atoms with Crippen molar-refractivity contribution in [3.63, 3.8) is 0 Å². The Labute approximate surface area is 145 Å². The van der Waals surface area contributed by atoms with Crippen molar-refractivity contribution >= 4 is 11.6 Å². The number of anilines is 1. The molecule has 0 aliphatic heterocycles. The Morgan fingerprint density at radius 3 is 2.68 bits per heavy atom. The first-order valence-electron chi connectivity index (χ1n) is 7.80. The normalized spacial score (nSPS) is 10.5. The van der Waals surface area contributed by atoms with Gasteiger partial charge in [-0.3, -0.25) is 9.48 Å². The van der Waals surface area contributed by atoms with Crippen LogP contribution >= 0.6 is 0 Å². The minimum absolute atomic E-state index is 0.221. The van der Waals surface area contributed by atoms with Crippen LogP contribution in [0.2, 0.25) is 0 Å². The second-order valence-electron chi connectivity index (χ2n) is 5.66. The van der Waals surface area contributed by atoms with Crippen molar-refractivity contribution in [1.29, 1.82) is 0 Å². The molecule has 1 amide bonds. The fourth-order valence-corrected chi connectivity index (χ4v) is 2.33. The highest BCUT2D eigenvalue weighted by molar-refractivity contribution is 6.04. The lowest BCUT2D eigenvalue weighted by Crippen LogP contribution is -2.13. The third-order valence-electron chi connectivity index (χ3n) is 3.89. The zero-order valence-corrected chi connectivity index (χ0v) is 14.0. The maximum Gasteiger partial charge on any atom is 0.259 e. The molecule has 6 heteroatoms. The molecule has 5 nitrogen and oxygen atoms in total. The Morgan fingerprint density at radius 2 is 2.00 bits per heavy atom. The monoisotopic (exact) mass is 339 g/mol. The van der Waals surface area contributed by atoms with Gasteiger partial charge in [0, 0.05) is 24.5 Å². The number of amides is 1. The second kappa shape index (κ2) is 7.17. The largest absolute Gasteiger partial charge is 0.489 e. The number of hydrogen-bond acceptors (Lipinski definition) is 3. The van der Waals surface area contributed by atoms with E-state index in [9.17, 15) is 9.18 Å². The summed E-state index contributed by atoms with van der Waals surface area (Å²) in [4.78, 5) is 12.3. The summed E-state index contributed by atoms with van der Waals surface area (Å²) >= 11 is 0. The van der Waals surface area contributed by atoms with Crippen molar-refractivity contribution in [3.05, 3.63) is 77.4 Å². The lowest BCUT2D eigenvalue weighted by molar-refractivity contribution is 0.102. The number of ether oxygens (including phenoxy) is 1. The van der Waals surface area contributed by atoms with Crippen LogP contribution in [0.25, 0.3) is 0 Å². The summed E-state index contributed by atoms with van der Waals surface area (Å²) < 4.78 is 20.3. The predicted molar refractivity (Wildman–Crippen MR) is 93.1 cm³/mol. The van der Waals surface area contributed by atoms with E-state index in [1.165, 1.54) is 12.1 Å². The van der Waals surface area contributed by atoms with Gasteiger partial charge in [-0.1, -0.05) is 18.2 Å². The van der Waals surface area contributed by atoms with Gasteiger partial charge in [-0.15, -0.1) is 0 Å². The van der Waals surface area contributed by atoms with E-state index < -0.39 is 0 Å². The van der Waals surface area contributed by atoms with E-state index in [0.717, 1.165) is 11.3 Å². The molecule has 1 N–H and O–H groups in total. The fourth-order valence-electron chi connectivity index (χ4n) is 2.33. The zero-order chi connectivity index (χ0) is 17.8. The summed E-state index contributed by atoms with van der Waals surface area (Å²) in [5.41, 5.74) is 2.81. The molecule has 0 fully saturated rings. The predicted octanol–water partition coefficient (Wildman–Crippen LogP) is 3.70. The van der Waals surface area contributed by atoms with Crippen LogP contribution < -0.4 is 10.1 Å². The highest BCUT2D eigenvalue weighted by atomic mass is 19.1. The highest BCUT2D eigenvalue weighted by Crippen LogP contribution is 2.20. The summed E-state index contributed by atoms with van der Waals surface area (Å²) in [7, 11) is 1.79. The lowest BCUT2D eigenvalue weighted by atomic mass is 10.2. The molecule has 0 unspecified atom stereocenters. The van der Waals surface area contributed by atoms with Crippen LogP contribution in [-0.4, -0.2) is 15.7 Å². The van der Waals surface area contributed by atoms with Gasteiger partial charge >= 0.3 is 0 Å². The second-order valence-corrected chi connectivity index (χ2v) is 5.66. The standard InChI is InChI=1S/C19H18FN3O2/c1-13-18(11-21-23(13)2)19(24)22-16-4-3-5-17(10-16)25-12-14-6-8-15(20)9-7-14/h3-11H,12H2,1-2H3,(H,22,24). The Bertz CT molecular complexity index is 888. The first kappa shape index (κ1) is 16.7. The Hall–Kier alpha value is -3.15. The van der Waals surface area contributed by atoms with E-state index in [4.69, 9.17) is 4.74 Å². The molecule has 0 atom stereocenters. The maximum atomic E-state index is 12.9. The van der Waals surface area contributed by atoms with Gasteiger partial charge in [0.2, 0.25) is 0 Å². The van der Waals surface area contributed by atoms with Gasteiger partial charge in [0.25, 0.3) is 5.91 Å². The molecular formula is C19H18FN3O2. The van der Waals surface area contributed by atoms with Crippen LogP contribution in [-0.2, 0) is 13.7 Å². The summed E-state index contributed by atoms with van der Waals surface area (Å²) in [6.45, 7) is 2.16. The molecule has 25 heavy (non-hydrogen) atoms. The molecule has 0 spiro atoms. The summed E-state index contributed by atoms with van der Waals surface area (Å²) in [6.07, 6.45) is 1.54. The first-order valence-corrected chi connectivity index (χ1v) is 7.80. The summed E-state index contributed by atoms with van der Waals surface area (Å²) in [5.74, 6) is 0.116. The Balaban J connectivity index is 1.66. The summed E-state index contributed by atoms with van der Waals surface area (Å²) in [6, 6.07) is 13.3. The van der Waals surface area contributed by atoms with Gasteiger partial charge in [-0.25, -0.2) is 4.39 Å². The van der Waals surface area contributed by atoms with Crippen LogP contribution in [0.15, 0.2) is 54.7 Å². The van der Waals surface area contributed by atoms with E-state index in [-0.39, 0.29) is 11.7 Å². The third-order valence-corrected chi connectivity index (χ3v) is 3.89. The van der Waals surface area contributed by atoms with Crippen molar-refractivity contribution in [2.45, 2.75) is 13.5 Å². The van der Waals surface area contributed by atoms with Crippen molar-refractivity contribution in [3.8, 4) is 5.75 Å². The van der Waals surface area contributed by atoms with Crippen molar-refractivity contribution < 1.29 is 13.9 Å². The minimum atomic E-state index is -0.279. The molecule has 0 aliphatic carbocycles. The SMILES string of the molecule is Cc1c(C(=O)Nc2cccc(OCc3ccc(F)cc3)c2)cnn1C. The van der Waals surface area contributed by atoms with Crippen LogP contribution in [0.4, 0.5) is 10.1 Å². The van der Waals surface area contributed by atoms with Gasteiger partial charge in [0.1, 0.15) is 18.2 Å². The molecule has 3 aromatic rings. The number of nitrogens with one attached hydrogen (secondary N) is 1. The van der Waals surface area contributed by atoms with Gasteiger partial charge in [0.15, 0.2) is 0 Å². The average molecular weight is 339 g/mol. The quantitative estimate of drug-likeness (QED) is 0.771. The smallest absolute Gasteiger partial charge is 0.259 e. The molecule has 0 bridgehead atoms. The highest BCUT2D eigenvalue weighted by Gasteiger charge is 2.13. The van der Waals surface area contributed by atoms with Crippen LogP contribution in [0, 0.1) is 12.7 Å². The number of aromatic nitrogens is 2. The Kier molecular flexibility index (Phi) is 4.79. The van der Waals surface area contributed by atoms with E-state index in [1.54, 1.807) is 54.3 Å². The van der Waals surface area contributed by atoms with E-state index in [2.05, 4.69) is 10.4 Å². The van der Waals surface area contributed by atoms with Crippen LogP contribution in [0.5, 0.6) is 5.75 Å². The van der Waals surface area contributed by atoms with Gasteiger partial charge in [-0.2, -0.15) is 5.10 Å². The number of carbonyl (C=O) groups excluding carboxylic acids is 1. The van der Waals surface area contributed by atoms with Crippen molar-refractivity contribution in [2.24, 2.45) is 7.05 Å². The number of rotatable bonds is 5. The van der Waals surface area contributed by atoms with Crippen LogP contribution in [0.3, 0.4) is 0 Å². The fraction of sp³-hybridized carbons (Fsp3) is 0.158. The molecule has 0 saturated carbocycles. The third kappa shape index (κ3) is 4.03. The summed E-state index contributed by atoms with van der Waals surface area (Å²) in [5, 5.41) is 6.91. The first-order chi connectivity index (χ1) is 12.0. The molecule has 128 valence electrons. The molecule has 2 aromatic carbocycles. The van der Waals surface area contributed by atoms with Crippen LogP contribution in [0.1, 0.15) is 21.6 Å². The molecule has 0 aliphatic rings. The van der Waals surface area contributed by atoms with Gasteiger partial charge < -0.3 is 10.1 Å². The number of halogens is 1. The molecule has 0 saturated heterocycles. The van der Waals surface area contributed by atoms with Gasteiger partial charge in [-0.05, 0) is 36.8 Å². The molecule has 3 rings (SSSR count). The topological polar surface area (TPSA) is 56.1 Å². The Morgan fingerprint density at radius 1 is 1.24 bits per heavy atom. The van der Waals surface area contributed by atoms with E-state index in [0.29, 0.717) is 23.6 Å². The van der Waals surface area contributed by atoms with Gasteiger partial charge in [0.05, 0.1) is 11.8 Å². The van der Waals surface area contributed by atoms with Crippen molar-refractivity contribution in [1.82, 2.24) is 9.78 Å². The lowest BCUT2D eigenvalue weighted by Gasteiger charge is -2.09. The van der Waals surface area contributed by atoms with E-state index in [1.807, 2.05) is 6.92 Å². The molecule has 0 radical (unpaired) electrons. The molecule has 1 aromatic heterocycles. The van der Waals surface area contributed by atoms with Crippen molar-refractivity contribution in [2.75, 3.05) is 5.32 Å². The molecular weight excluding hydrogens is 321 g/mol.